The molecule has 1 amide bonds. The molecule has 2 aromatic heterocycles. The molecule has 1 saturated heterocycles. The Labute approximate surface area is 179 Å². The Morgan fingerprint density at radius 2 is 1.93 bits per heavy atom. The first-order chi connectivity index (χ1) is 14.5. The molecule has 1 aromatic carbocycles. The highest BCUT2D eigenvalue weighted by atomic mass is 35.5. The Morgan fingerprint density at radius 3 is 2.57 bits per heavy atom. The second kappa shape index (κ2) is 8.36. The molecule has 3 heterocycles. The van der Waals surface area contributed by atoms with Gasteiger partial charge in [0.05, 0.1) is 30.8 Å². The first kappa shape index (κ1) is 20.2. The molecule has 0 saturated carbocycles. The van der Waals surface area contributed by atoms with Gasteiger partial charge < -0.3 is 19.5 Å². The molecule has 7 nitrogen and oxygen atoms in total. The molecule has 8 heteroatoms. The molecule has 0 radical (unpaired) electrons. The van der Waals surface area contributed by atoms with Crippen LogP contribution in [0.3, 0.4) is 0 Å². The predicted octanol–water partition coefficient (Wildman–Crippen LogP) is 3.87. The van der Waals surface area contributed by atoms with E-state index in [2.05, 4.69) is 10.3 Å². The lowest BCUT2D eigenvalue weighted by Crippen LogP contribution is -2.26. The lowest BCUT2D eigenvalue weighted by Gasteiger charge is -2.20. The summed E-state index contributed by atoms with van der Waals surface area (Å²) in [4.78, 5) is 20.8. The quantitative estimate of drug-likeness (QED) is 0.643. The van der Waals surface area contributed by atoms with Gasteiger partial charge in [0.25, 0.3) is 0 Å². The normalized spacial score (nSPS) is 16.9. The van der Waals surface area contributed by atoms with Gasteiger partial charge in [0.15, 0.2) is 0 Å². The summed E-state index contributed by atoms with van der Waals surface area (Å²) in [5.74, 6) is 1.57. The summed E-state index contributed by atoms with van der Waals surface area (Å²) >= 11 is 6.31. The first-order valence-corrected chi connectivity index (χ1v) is 9.99. The van der Waals surface area contributed by atoms with Crippen LogP contribution in [0.25, 0.3) is 22.2 Å². The summed E-state index contributed by atoms with van der Waals surface area (Å²) < 4.78 is 17.0. The van der Waals surface area contributed by atoms with Crippen LogP contribution in [-0.4, -0.2) is 42.7 Å². The van der Waals surface area contributed by atoms with E-state index in [1.54, 1.807) is 32.5 Å². The third-order valence-electron chi connectivity index (χ3n) is 5.28. The molecule has 1 aliphatic heterocycles. The van der Waals surface area contributed by atoms with Crippen molar-refractivity contribution < 1.29 is 19.0 Å². The van der Waals surface area contributed by atoms with E-state index in [1.165, 1.54) is 0 Å². The number of carbonyl (C=O) groups excluding carboxylic acids is 1. The van der Waals surface area contributed by atoms with Crippen LogP contribution in [0.1, 0.15) is 13.3 Å². The fourth-order valence-corrected chi connectivity index (χ4v) is 3.79. The Bertz CT molecular complexity index is 1080. The number of benzene rings is 1. The second-order valence-corrected chi connectivity index (χ2v) is 7.55. The van der Waals surface area contributed by atoms with Gasteiger partial charge in [-0.15, -0.1) is 0 Å². The first-order valence-electron chi connectivity index (χ1n) is 9.61. The largest absolute Gasteiger partial charge is 0.495 e. The molecule has 1 unspecified atom stereocenters. The third kappa shape index (κ3) is 3.85. The van der Waals surface area contributed by atoms with Crippen LogP contribution in [0.5, 0.6) is 17.4 Å². The standard InChI is InChI=1S/C22H22ClN3O4/c1-12(14-9-20(27)25-11-14)30-22-15-5-4-6-24-17(15)10-16(26-22)13-7-18(28-2)21(23)19(8-13)29-3/h4-8,10,12,14H,9,11H2,1-3H3,(H,25,27)/t12-,14?/m1/s1. The van der Waals surface area contributed by atoms with Gasteiger partial charge in [-0.2, -0.15) is 0 Å². The SMILES string of the molecule is COc1cc(-c2cc3ncccc3c(O[C@H](C)C3CNC(=O)C3)n2)cc(OC)c1Cl. The lowest BCUT2D eigenvalue weighted by atomic mass is 10.0. The topological polar surface area (TPSA) is 82.6 Å². The average Bonchev–Trinajstić information content (AvgIpc) is 3.20. The van der Waals surface area contributed by atoms with E-state index < -0.39 is 0 Å². The summed E-state index contributed by atoms with van der Waals surface area (Å²) in [5.41, 5.74) is 2.16. The lowest BCUT2D eigenvalue weighted by molar-refractivity contribution is -0.119. The number of rotatable bonds is 6. The van der Waals surface area contributed by atoms with E-state index in [-0.39, 0.29) is 17.9 Å². The maximum Gasteiger partial charge on any atom is 0.223 e. The molecular weight excluding hydrogens is 406 g/mol. The minimum atomic E-state index is -0.190. The number of nitrogens with one attached hydrogen (secondary N) is 1. The van der Waals surface area contributed by atoms with Gasteiger partial charge in [-0.25, -0.2) is 4.98 Å². The number of aromatic nitrogens is 2. The number of methoxy groups -OCH3 is 2. The van der Waals surface area contributed by atoms with E-state index in [0.29, 0.717) is 41.1 Å². The summed E-state index contributed by atoms with van der Waals surface area (Å²) in [5, 5.41) is 4.05. The van der Waals surface area contributed by atoms with Gasteiger partial charge in [-0.3, -0.25) is 9.78 Å². The Balaban J connectivity index is 1.78. The number of amides is 1. The molecular formula is C22H22ClN3O4. The van der Waals surface area contributed by atoms with Crippen LogP contribution in [0.4, 0.5) is 0 Å². The maximum absolute atomic E-state index is 11.6. The van der Waals surface area contributed by atoms with Crippen LogP contribution in [-0.2, 0) is 4.79 Å². The predicted molar refractivity (Wildman–Crippen MR) is 114 cm³/mol. The molecule has 0 spiro atoms. The van der Waals surface area contributed by atoms with Gasteiger partial charge in [0, 0.05) is 30.6 Å². The van der Waals surface area contributed by atoms with E-state index in [9.17, 15) is 4.79 Å². The maximum atomic E-state index is 11.6. The monoisotopic (exact) mass is 427 g/mol. The molecule has 1 fully saturated rings. The van der Waals surface area contributed by atoms with Crippen molar-refractivity contribution in [3.63, 3.8) is 0 Å². The molecule has 0 aliphatic carbocycles. The Kier molecular flexibility index (Phi) is 5.63. The summed E-state index contributed by atoms with van der Waals surface area (Å²) in [7, 11) is 3.10. The van der Waals surface area contributed by atoms with Gasteiger partial charge in [-0.05, 0) is 37.3 Å². The van der Waals surface area contributed by atoms with Crippen molar-refractivity contribution in [3.8, 4) is 28.6 Å². The Hall–Kier alpha value is -3.06. The van der Waals surface area contributed by atoms with E-state index >= 15 is 0 Å². The number of hydrogen-bond acceptors (Lipinski definition) is 6. The van der Waals surface area contributed by atoms with Crippen molar-refractivity contribution in [1.29, 1.82) is 0 Å². The van der Waals surface area contributed by atoms with Crippen molar-refractivity contribution in [2.45, 2.75) is 19.4 Å². The van der Waals surface area contributed by atoms with E-state index in [1.807, 2.05) is 25.1 Å². The summed E-state index contributed by atoms with van der Waals surface area (Å²) in [6, 6.07) is 9.25. The molecule has 4 rings (SSSR count). The second-order valence-electron chi connectivity index (χ2n) is 7.17. The minimum Gasteiger partial charge on any atom is -0.495 e. The zero-order valence-electron chi connectivity index (χ0n) is 16.9. The highest BCUT2D eigenvalue weighted by Gasteiger charge is 2.28. The van der Waals surface area contributed by atoms with Gasteiger partial charge in [-0.1, -0.05) is 11.6 Å². The van der Waals surface area contributed by atoms with Crippen molar-refractivity contribution >= 4 is 28.4 Å². The molecule has 2 atom stereocenters. The number of fused-ring (bicyclic) bond motifs is 1. The van der Waals surface area contributed by atoms with Crippen LogP contribution < -0.4 is 19.5 Å². The number of carbonyl (C=O) groups is 1. The highest BCUT2D eigenvalue weighted by Crippen LogP contribution is 2.39. The van der Waals surface area contributed by atoms with Crippen LogP contribution in [0, 0.1) is 5.92 Å². The zero-order valence-corrected chi connectivity index (χ0v) is 17.7. The smallest absolute Gasteiger partial charge is 0.223 e. The van der Waals surface area contributed by atoms with E-state index in [4.69, 9.17) is 30.8 Å². The number of pyridine rings is 2. The number of ether oxygens (including phenoxy) is 3. The molecule has 1 aliphatic rings. The van der Waals surface area contributed by atoms with Crippen molar-refractivity contribution in [2.24, 2.45) is 5.92 Å². The van der Waals surface area contributed by atoms with Gasteiger partial charge >= 0.3 is 0 Å². The molecule has 3 aromatic rings. The van der Waals surface area contributed by atoms with Crippen LogP contribution in [0.2, 0.25) is 5.02 Å². The van der Waals surface area contributed by atoms with E-state index in [0.717, 1.165) is 16.5 Å². The average molecular weight is 428 g/mol. The minimum absolute atomic E-state index is 0.0454. The van der Waals surface area contributed by atoms with Crippen molar-refractivity contribution in [1.82, 2.24) is 15.3 Å². The fourth-order valence-electron chi connectivity index (χ4n) is 3.53. The molecule has 1 N–H and O–H groups in total. The van der Waals surface area contributed by atoms with Crippen LogP contribution in [0.15, 0.2) is 36.5 Å². The van der Waals surface area contributed by atoms with Gasteiger partial charge in [0.1, 0.15) is 22.6 Å². The summed E-state index contributed by atoms with van der Waals surface area (Å²) in [6.45, 7) is 2.55. The summed E-state index contributed by atoms with van der Waals surface area (Å²) in [6.07, 6.45) is 1.98. The Morgan fingerprint density at radius 1 is 1.20 bits per heavy atom. The highest BCUT2D eigenvalue weighted by molar-refractivity contribution is 6.33. The van der Waals surface area contributed by atoms with Crippen molar-refractivity contribution in [2.75, 3.05) is 20.8 Å². The number of nitrogens with zero attached hydrogens (tertiary/aromatic N) is 2. The molecule has 0 bridgehead atoms. The van der Waals surface area contributed by atoms with Crippen LogP contribution >= 0.6 is 11.6 Å². The third-order valence-corrected chi connectivity index (χ3v) is 5.65. The molecule has 156 valence electrons. The van der Waals surface area contributed by atoms with Crippen molar-refractivity contribution in [3.05, 3.63) is 41.6 Å². The molecule has 30 heavy (non-hydrogen) atoms. The fraction of sp³-hybridized carbons (Fsp3) is 0.318. The van der Waals surface area contributed by atoms with Gasteiger partial charge in [0.2, 0.25) is 11.8 Å². The zero-order chi connectivity index (χ0) is 21.3. The number of hydrogen-bond donors (Lipinski definition) is 1. The number of halogens is 1.